The van der Waals surface area contributed by atoms with Crippen molar-refractivity contribution in [3.63, 3.8) is 0 Å². The lowest BCUT2D eigenvalue weighted by atomic mass is 10.2. The zero-order valence-electron chi connectivity index (χ0n) is 14.9. The van der Waals surface area contributed by atoms with Crippen LogP contribution in [0.4, 0.5) is 5.69 Å². The van der Waals surface area contributed by atoms with Gasteiger partial charge in [-0.3, -0.25) is 9.00 Å². The molecule has 138 valence electrons. The molecule has 0 saturated carbocycles. The van der Waals surface area contributed by atoms with E-state index in [1.54, 1.807) is 49.4 Å². The number of methoxy groups -OCH3 is 1. The Hall–Kier alpha value is -2.67. The maximum Gasteiger partial charge on any atom is 0.340 e. The minimum Gasteiger partial charge on any atom is -0.495 e. The molecule has 1 amide bonds. The van der Waals surface area contributed by atoms with Gasteiger partial charge < -0.3 is 14.8 Å². The number of ether oxygens (including phenoxy) is 2. The zero-order valence-corrected chi connectivity index (χ0v) is 15.7. The summed E-state index contributed by atoms with van der Waals surface area (Å²) < 4.78 is 22.5. The van der Waals surface area contributed by atoms with E-state index in [1.165, 1.54) is 20.1 Å². The molecule has 0 unspecified atom stereocenters. The van der Waals surface area contributed by atoms with Gasteiger partial charge in [-0.2, -0.15) is 0 Å². The number of rotatable bonds is 7. The first-order valence-electron chi connectivity index (χ1n) is 8.10. The second-order valence-corrected chi connectivity index (χ2v) is 7.08. The van der Waals surface area contributed by atoms with Crippen LogP contribution in [0.3, 0.4) is 0 Å². The van der Waals surface area contributed by atoms with Crippen LogP contribution < -0.4 is 10.1 Å². The van der Waals surface area contributed by atoms with Crippen LogP contribution in [0.2, 0.25) is 0 Å². The average Bonchev–Trinajstić information content (AvgIpc) is 2.67. The first-order valence-corrected chi connectivity index (χ1v) is 9.42. The fourth-order valence-electron chi connectivity index (χ4n) is 2.25. The molecule has 0 radical (unpaired) electrons. The fourth-order valence-corrected chi connectivity index (χ4v) is 3.19. The van der Waals surface area contributed by atoms with Gasteiger partial charge in [-0.25, -0.2) is 4.79 Å². The number of anilines is 1. The molecule has 1 N–H and O–H groups in total. The van der Waals surface area contributed by atoms with Crippen LogP contribution in [-0.4, -0.2) is 35.1 Å². The topological polar surface area (TPSA) is 81.7 Å². The summed E-state index contributed by atoms with van der Waals surface area (Å²) >= 11 is 0. The molecule has 0 aliphatic carbocycles. The van der Waals surface area contributed by atoms with Gasteiger partial charge >= 0.3 is 5.97 Å². The Morgan fingerprint density at radius 3 is 2.46 bits per heavy atom. The first kappa shape index (κ1) is 19.7. The van der Waals surface area contributed by atoms with E-state index in [4.69, 9.17) is 9.47 Å². The van der Waals surface area contributed by atoms with Crippen LogP contribution in [-0.2, 0) is 20.3 Å². The van der Waals surface area contributed by atoms with E-state index in [-0.39, 0.29) is 5.56 Å². The SMILES string of the molecule is CC[S@@](=O)c1ccccc1C(=O)O[C@H](C)C(=O)Nc1ccccc1OC. The lowest BCUT2D eigenvalue weighted by molar-refractivity contribution is -0.123. The van der Waals surface area contributed by atoms with Gasteiger partial charge in [-0.05, 0) is 31.2 Å². The molecule has 7 heteroatoms. The number of carbonyl (C=O) groups is 2. The molecule has 2 aromatic carbocycles. The van der Waals surface area contributed by atoms with Crippen LogP contribution >= 0.6 is 0 Å². The van der Waals surface area contributed by atoms with E-state index in [9.17, 15) is 13.8 Å². The maximum absolute atomic E-state index is 12.4. The van der Waals surface area contributed by atoms with Gasteiger partial charge in [0.05, 0.1) is 34.1 Å². The van der Waals surface area contributed by atoms with Gasteiger partial charge in [0.15, 0.2) is 6.10 Å². The first-order chi connectivity index (χ1) is 12.5. The Labute approximate surface area is 155 Å². The maximum atomic E-state index is 12.4. The summed E-state index contributed by atoms with van der Waals surface area (Å²) in [6.07, 6.45) is -1.03. The number of carbonyl (C=O) groups excluding carboxylic acids is 2. The Kier molecular flexibility index (Phi) is 6.91. The molecule has 0 aliphatic rings. The standard InChI is InChI=1S/C19H21NO5S/c1-4-26(23)17-12-8-5-9-14(17)19(22)25-13(2)18(21)20-15-10-6-7-11-16(15)24-3/h5-13H,4H2,1-3H3,(H,20,21)/t13-,26-/m1/s1. The van der Waals surface area contributed by atoms with Crippen LogP contribution in [0.15, 0.2) is 53.4 Å². The molecule has 26 heavy (non-hydrogen) atoms. The molecule has 2 atom stereocenters. The largest absolute Gasteiger partial charge is 0.495 e. The third-order valence-corrected chi connectivity index (χ3v) is 5.00. The summed E-state index contributed by atoms with van der Waals surface area (Å²) in [5.74, 6) is -0.293. The Morgan fingerprint density at radius 2 is 1.77 bits per heavy atom. The molecule has 0 aromatic heterocycles. The molecular weight excluding hydrogens is 354 g/mol. The molecule has 2 rings (SSSR count). The Balaban J connectivity index is 2.10. The van der Waals surface area contributed by atoms with Crippen LogP contribution in [0.25, 0.3) is 0 Å². The van der Waals surface area contributed by atoms with E-state index in [2.05, 4.69) is 5.32 Å². The monoisotopic (exact) mass is 375 g/mol. The molecule has 0 fully saturated rings. The van der Waals surface area contributed by atoms with Crippen molar-refractivity contribution < 1.29 is 23.3 Å². The molecular formula is C19H21NO5S. The van der Waals surface area contributed by atoms with Gasteiger partial charge in [-0.1, -0.05) is 31.2 Å². The van der Waals surface area contributed by atoms with Crippen LogP contribution in [0.1, 0.15) is 24.2 Å². The number of nitrogens with one attached hydrogen (secondary N) is 1. The van der Waals surface area contributed by atoms with Crippen molar-refractivity contribution in [1.29, 1.82) is 0 Å². The summed E-state index contributed by atoms with van der Waals surface area (Å²) in [5.41, 5.74) is 0.681. The Morgan fingerprint density at radius 1 is 1.12 bits per heavy atom. The third kappa shape index (κ3) is 4.70. The molecule has 2 aromatic rings. The fraction of sp³-hybridized carbons (Fsp3) is 0.263. The quantitative estimate of drug-likeness (QED) is 0.753. The van der Waals surface area contributed by atoms with E-state index >= 15 is 0 Å². The van der Waals surface area contributed by atoms with Gasteiger partial charge in [0.1, 0.15) is 5.75 Å². The van der Waals surface area contributed by atoms with Crippen molar-refractivity contribution in [1.82, 2.24) is 0 Å². The summed E-state index contributed by atoms with van der Waals surface area (Å²) in [7, 11) is 0.197. The van der Waals surface area contributed by atoms with Crippen molar-refractivity contribution in [2.24, 2.45) is 0 Å². The van der Waals surface area contributed by atoms with Crippen LogP contribution in [0.5, 0.6) is 5.75 Å². The molecule has 0 saturated heterocycles. The van der Waals surface area contributed by atoms with Crippen molar-refractivity contribution in [2.75, 3.05) is 18.2 Å². The second kappa shape index (κ2) is 9.15. The van der Waals surface area contributed by atoms with Crippen molar-refractivity contribution in [2.45, 2.75) is 24.8 Å². The molecule has 0 spiro atoms. The minimum absolute atomic E-state index is 0.199. The normalized spacial score (nSPS) is 12.7. The van der Waals surface area contributed by atoms with Crippen molar-refractivity contribution >= 4 is 28.4 Å². The number of esters is 1. The van der Waals surface area contributed by atoms with E-state index in [0.29, 0.717) is 22.1 Å². The van der Waals surface area contributed by atoms with Crippen molar-refractivity contribution in [3.05, 3.63) is 54.1 Å². The number of hydrogen-bond acceptors (Lipinski definition) is 5. The smallest absolute Gasteiger partial charge is 0.340 e. The van der Waals surface area contributed by atoms with E-state index < -0.39 is 28.8 Å². The molecule has 6 nitrogen and oxygen atoms in total. The number of benzene rings is 2. The highest BCUT2D eigenvalue weighted by molar-refractivity contribution is 7.85. The highest BCUT2D eigenvalue weighted by Crippen LogP contribution is 2.23. The summed E-state index contributed by atoms with van der Waals surface area (Å²) in [4.78, 5) is 25.1. The van der Waals surface area contributed by atoms with E-state index in [0.717, 1.165) is 0 Å². The Bertz CT molecular complexity index is 821. The molecule has 0 aliphatic heterocycles. The zero-order chi connectivity index (χ0) is 19.1. The number of para-hydroxylation sites is 2. The highest BCUT2D eigenvalue weighted by Gasteiger charge is 2.22. The average molecular weight is 375 g/mol. The minimum atomic E-state index is -1.30. The molecule has 0 heterocycles. The highest BCUT2D eigenvalue weighted by atomic mass is 32.2. The van der Waals surface area contributed by atoms with Gasteiger partial charge in [0.25, 0.3) is 5.91 Å². The number of amides is 1. The lowest BCUT2D eigenvalue weighted by Gasteiger charge is -2.16. The van der Waals surface area contributed by atoms with Crippen LogP contribution in [0, 0.1) is 0 Å². The number of hydrogen-bond donors (Lipinski definition) is 1. The van der Waals surface area contributed by atoms with Crippen molar-refractivity contribution in [3.8, 4) is 5.75 Å². The predicted molar refractivity (Wildman–Crippen MR) is 99.9 cm³/mol. The van der Waals surface area contributed by atoms with E-state index in [1.807, 2.05) is 0 Å². The second-order valence-electron chi connectivity index (χ2n) is 5.37. The summed E-state index contributed by atoms with van der Waals surface area (Å²) in [6.45, 7) is 3.24. The molecule has 0 bridgehead atoms. The van der Waals surface area contributed by atoms with Gasteiger partial charge in [0.2, 0.25) is 0 Å². The summed E-state index contributed by atoms with van der Waals surface area (Å²) in [5, 5.41) is 2.67. The predicted octanol–water partition coefficient (Wildman–Crippen LogP) is 3.01. The lowest BCUT2D eigenvalue weighted by Crippen LogP contribution is -2.30. The van der Waals surface area contributed by atoms with Gasteiger partial charge in [0, 0.05) is 5.75 Å². The third-order valence-electron chi connectivity index (χ3n) is 3.63. The van der Waals surface area contributed by atoms with Gasteiger partial charge in [-0.15, -0.1) is 0 Å². The summed E-state index contributed by atoms with van der Waals surface area (Å²) in [6, 6.07) is 13.5.